The lowest BCUT2D eigenvalue weighted by Gasteiger charge is -2.13. The molecule has 0 spiro atoms. The second kappa shape index (κ2) is 11.8. The molecule has 27 heavy (non-hydrogen) atoms. The molecule has 6 heteroatoms. The average Bonchev–Trinajstić information content (AvgIpc) is 2.69. The average molecular weight is 372 g/mol. The number of unbranched alkanes of at least 4 members (excludes halogenated alkanes) is 1. The number of ether oxygens (including phenoxy) is 3. The molecule has 0 bridgehead atoms. The molecule has 0 radical (unpaired) electrons. The zero-order valence-electron chi connectivity index (χ0n) is 16.0. The van der Waals surface area contributed by atoms with Crippen molar-refractivity contribution in [3.63, 3.8) is 0 Å². The van der Waals surface area contributed by atoms with Crippen LogP contribution < -0.4 is 20.1 Å². The molecule has 0 heterocycles. The predicted octanol–water partition coefficient (Wildman–Crippen LogP) is 3.94. The number of amides is 1. The van der Waals surface area contributed by atoms with Gasteiger partial charge in [-0.15, -0.1) is 0 Å². The zero-order chi connectivity index (χ0) is 19.3. The minimum Gasteiger partial charge on any atom is -0.491 e. The molecule has 2 aromatic rings. The maximum absolute atomic E-state index is 12.2. The van der Waals surface area contributed by atoms with E-state index in [2.05, 4.69) is 17.6 Å². The Kier molecular flexibility index (Phi) is 9.00. The van der Waals surface area contributed by atoms with E-state index in [0.29, 0.717) is 31.3 Å². The van der Waals surface area contributed by atoms with Crippen LogP contribution in [-0.4, -0.2) is 39.4 Å². The Hall–Kier alpha value is -2.73. The molecule has 2 aromatic carbocycles. The molecule has 0 unspecified atom stereocenters. The van der Waals surface area contributed by atoms with Crippen LogP contribution in [0.5, 0.6) is 11.5 Å². The van der Waals surface area contributed by atoms with E-state index >= 15 is 0 Å². The lowest BCUT2D eigenvalue weighted by atomic mass is 10.2. The van der Waals surface area contributed by atoms with Crippen molar-refractivity contribution in [3.8, 4) is 11.5 Å². The van der Waals surface area contributed by atoms with Gasteiger partial charge in [0.05, 0.1) is 25.4 Å². The van der Waals surface area contributed by atoms with Crippen LogP contribution in [0.25, 0.3) is 0 Å². The minimum absolute atomic E-state index is 0.137. The summed E-state index contributed by atoms with van der Waals surface area (Å²) in [4.78, 5) is 12.2. The summed E-state index contributed by atoms with van der Waals surface area (Å²) in [7, 11) is 1.64. The zero-order valence-corrected chi connectivity index (χ0v) is 16.0. The molecule has 0 atom stereocenters. The van der Waals surface area contributed by atoms with Gasteiger partial charge in [0, 0.05) is 12.8 Å². The Labute approximate surface area is 160 Å². The fourth-order valence-corrected chi connectivity index (χ4v) is 2.31. The third kappa shape index (κ3) is 7.58. The molecule has 146 valence electrons. The van der Waals surface area contributed by atoms with Crippen molar-refractivity contribution in [1.82, 2.24) is 0 Å². The summed E-state index contributed by atoms with van der Waals surface area (Å²) in [6.07, 6.45) is 2.05. The van der Waals surface area contributed by atoms with Crippen LogP contribution in [0.15, 0.2) is 48.5 Å². The van der Waals surface area contributed by atoms with Gasteiger partial charge in [-0.25, -0.2) is 0 Å². The molecular weight excluding hydrogens is 344 g/mol. The number of methoxy groups -OCH3 is 1. The summed E-state index contributed by atoms with van der Waals surface area (Å²) in [5.41, 5.74) is 1.53. The number of para-hydroxylation sites is 2. The molecule has 6 nitrogen and oxygen atoms in total. The Balaban J connectivity index is 1.81. The van der Waals surface area contributed by atoms with Gasteiger partial charge in [0.1, 0.15) is 18.1 Å². The molecule has 2 N–H and O–H groups in total. The van der Waals surface area contributed by atoms with E-state index in [9.17, 15) is 4.79 Å². The van der Waals surface area contributed by atoms with Gasteiger partial charge in [-0.05, 0) is 42.8 Å². The first-order valence-corrected chi connectivity index (χ1v) is 9.20. The van der Waals surface area contributed by atoms with Crippen LogP contribution in [0.2, 0.25) is 0 Å². The van der Waals surface area contributed by atoms with Crippen molar-refractivity contribution in [2.24, 2.45) is 0 Å². The largest absolute Gasteiger partial charge is 0.491 e. The van der Waals surface area contributed by atoms with Crippen LogP contribution in [0, 0.1) is 0 Å². The van der Waals surface area contributed by atoms with Gasteiger partial charge in [-0.1, -0.05) is 25.5 Å². The van der Waals surface area contributed by atoms with E-state index in [1.807, 2.05) is 48.5 Å². The summed E-state index contributed by atoms with van der Waals surface area (Å²) in [6.45, 7) is 3.96. The summed E-state index contributed by atoms with van der Waals surface area (Å²) in [6, 6.07) is 14.9. The fourth-order valence-electron chi connectivity index (χ4n) is 2.31. The lowest BCUT2D eigenvalue weighted by Crippen LogP contribution is -2.22. The number of rotatable bonds is 12. The number of nitrogens with one attached hydrogen (secondary N) is 2. The number of carbonyl (C=O) groups is 1. The van der Waals surface area contributed by atoms with Crippen LogP contribution in [0.3, 0.4) is 0 Å². The molecule has 0 saturated carbocycles. The first-order chi connectivity index (χ1) is 13.2. The highest BCUT2D eigenvalue weighted by atomic mass is 16.5. The Morgan fingerprint density at radius 3 is 2.48 bits per heavy atom. The van der Waals surface area contributed by atoms with Gasteiger partial charge in [0.15, 0.2) is 0 Å². The van der Waals surface area contributed by atoms with E-state index in [-0.39, 0.29) is 12.5 Å². The van der Waals surface area contributed by atoms with E-state index in [4.69, 9.17) is 14.2 Å². The molecule has 0 fully saturated rings. The monoisotopic (exact) mass is 372 g/mol. The van der Waals surface area contributed by atoms with Crippen LogP contribution in [0.4, 0.5) is 11.4 Å². The molecule has 0 aromatic heterocycles. The second-order valence-electron chi connectivity index (χ2n) is 5.97. The van der Waals surface area contributed by atoms with Crippen molar-refractivity contribution in [2.75, 3.05) is 44.1 Å². The summed E-state index contributed by atoms with van der Waals surface area (Å²) >= 11 is 0. The highest BCUT2D eigenvalue weighted by Gasteiger charge is 2.07. The number of carbonyl (C=O) groups excluding carboxylic acids is 1. The smallest absolute Gasteiger partial charge is 0.243 e. The second-order valence-corrected chi connectivity index (χ2v) is 5.97. The normalized spacial score (nSPS) is 10.3. The fraction of sp³-hybridized carbons (Fsp3) is 0.381. The van der Waals surface area contributed by atoms with E-state index in [1.165, 1.54) is 0 Å². The highest BCUT2D eigenvalue weighted by molar-refractivity contribution is 5.95. The molecule has 1 amide bonds. The van der Waals surface area contributed by atoms with E-state index in [1.54, 1.807) is 7.11 Å². The first kappa shape index (κ1) is 20.6. The summed E-state index contributed by atoms with van der Waals surface area (Å²) < 4.78 is 16.2. The number of anilines is 2. The summed E-state index contributed by atoms with van der Waals surface area (Å²) in [5, 5.41) is 5.99. The van der Waals surface area contributed by atoms with Crippen LogP contribution in [-0.2, 0) is 9.53 Å². The van der Waals surface area contributed by atoms with Crippen molar-refractivity contribution in [3.05, 3.63) is 48.5 Å². The topological polar surface area (TPSA) is 68.8 Å². The number of hydrogen-bond donors (Lipinski definition) is 2. The maximum Gasteiger partial charge on any atom is 0.243 e. The third-order valence-corrected chi connectivity index (χ3v) is 3.78. The van der Waals surface area contributed by atoms with Crippen molar-refractivity contribution in [2.45, 2.75) is 19.8 Å². The van der Waals surface area contributed by atoms with Gasteiger partial charge in [-0.3, -0.25) is 4.79 Å². The SMILES string of the molecule is CCCCOc1ccccc1NC(=O)CNc1ccc(OCCOC)cc1. The summed E-state index contributed by atoms with van der Waals surface area (Å²) in [5.74, 6) is 1.32. The standard InChI is InChI=1S/C21H28N2O4/c1-3-4-13-27-20-8-6-5-7-19(20)23-21(24)16-22-17-9-11-18(12-10-17)26-15-14-25-2/h5-12,22H,3-4,13-16H2,1-2H3,(H,23,24). The van der Waals surface area contributed by atoms with Crippen LogP contribution in [0.1, 0.15) is 19.8 Å². The molecular formula is C21H28N2O4. The lowest BCUT2D eigenvalue weighted by molar-refractivity contribution is -0.114. The van der Waals surface area contributed by atoms with Crippen molar-refractivity contribution >= 4 is 17.3 Å². The Morgan fingerprint density at radius 2 is 1.74 bits per heavy atom. The molecule has 2 rings (SSSR count). The van der Waals surface area contributed by atoms with Crippen LogP contribution >= 0.6 is 0 Å². The molecule has 0 aliphatic rings. The van der Waals surface area contributed by atoms with Crippen molar-refractivity contribution in [1.29, 1.82) is 0 Å². The molecule has 0 aliphatic carbocycles. The number of hydrogen-bond acceptors (Lipinski definition) is 5. The van der Waals surface area contributed by atoms with Gasteiger partial charge < -0.3 is 24.8 Å². The van der Waals surface area contributed by atoms with Gasteiger partial charge in [-0.2, -0.15) is 0 Å². The predicted molar refractivity (Wildman–Crippen MR) is 108 cm³/mol. The van der Waals surface area contributed by atoms with Gasteiger partial charge in [0.2, 0.25) is 5.91 Å². The van der Waals surface area contributed by atoms with E-state index in [0.717, 1.165) is 24.3 Å². The third-order valence-electron chi connectivity index (χ3n) is 3.78. The first-order valence-electron chi connectivity index (χ1n) is 9.20. The molecule has 0 saturated heterocycles. The van der Waals surface area contributed by atoms with Gasteiger partial charge in [0.25, 0.3) is 0 Å². The quantitative estimate of drug-likeness (QED) is 0.552. The molecule has 0 aliphatic heterocycles. The Bertz CT molecular complexity index is 689. The number of benzene rings is 2. The van der Waals surface area contributed by atoms with Crippen molar-refractivity contribution < 1.29 is 19.0 Å². The highest BCUT2D eigenvalue weighted by Crippen LogP contribution is 2.24. The Morgan fingerprint density at radius 1 is 0.963 bits per heavy atom. The maximum atomic E-state index is 12.2. The minimum atomic E-state index is -0.137. The van der Waals surface area contributed by atoms with Gasteiger partial charge >= 0.3 is 0 Å². The van der Waals surface area contributed by atoms with E-state index < -0.39 is 0 Å².